The summed E-state index contributed by atoms with van der Waals surface area (Å²) in [6.45, 7) is 4.36. The zero-order valence-corrected chi connectivity index (χ0v) is 11.9. The molecule has 0 aliphatic heterocycles. The number of hydrogen-bond donors (Lipinski definition) is 2. The summed E-state index contributed by atoms with van der Waals surface area (Å²) >= 11 is 0. The predicted molar refractivity (Wildman–Crippen MR) is 72.7 cm³/mol. The van der Waals surface area contributed by atoms with Crippen molar-refractivity contribution in [1.82, 2.24) is 5.32 Å². The molecule has 18 heavy (non-hydrogen) atoms. The Labute approximate surface area is 111 Å². The van der Waals surface area contributed by atoms with E-state index in [1.165, 1.54) is 32.1 Å². The summed E-state index contributed by atoms with van der Waals surface area (Å²) in [5.41, 5.74) is 0. The zero-order valence-electron chi connectivity index (χ0n) is 11.9. The van der Waals surface area contributed by atoms with E-state index in [1.807, 2.05) is 0 Å². The van der Waals surface area contributed by atoms with Gasteiger partial charge >= 0.3 is 0 Å². The predicted octanol–water partition coefficient (Wildman–Crippen LogP) is 1.57. The fourth-order valence-electron chi connectivity index (χ4n) is 2.54. The molecule has 0 aromatic carbocycles. The Morgan fingerprint density at radius 3 is 2.61 bits per heavy atom. The molecule has 2 unspecified atom stereocenters. The smallest absolute Gasteiger partial charge is 0.0897 e. The van der Waals surface area contributed by atoms with Gasteiger partial charge in [-0.05, 0) is 25.7 Å². The van der Waals surface area contributed by atoms with Crippen molar-refractivity contribution in [1.29, 1.82) is 0 Å². The molecule has 1 saturated carbocycles. The lowest BCUT2D eigenvalue weighted by Gasteiger charge is -2.29. The lowest BCUT2D eigenvalue weighted by atomic mass is 9.84. The van der Waals surface area contributed by atoms with Crippen molar-refractivity contribution in [2.45, 2.75) is 51.2 Å². The summed E-state index contributed by atoms with van der Waals surface area (Å²) in [5, 5.41) is 13.2. The molecule has 0 spiro atoms. The Balaban J connectivity index is 2.03. The van der Waals surface area contributed by atoms with Gasteiger partial charge < -0.3 is 19.9 Å². The first-order valence-corrected chi connectivity index (χ1v) is 7.22. The minimum absolute atomic E-state index is 0.383. The van der Waals surface area contributed by atoms with Crippen molar-refractivity contribution in [3.63, 3.8) is 0 Å². The van der Waals surface area contributed by atoms with Gasteiger partial charge in [0.25, 0.3) is 0 Å². The molecule has 108 valence electrons. The number of aliphatic hydroxyl groups is 1. The van der Waals surface area contributed by atoms with Crippen LogP contribution in [-0.4, -0.2) is 50.7 Å². The average Bonchev–Trinajstić information content (AvgIpc) is 2.42. The molecule has 0 radical (unpaired) electrons. The number of hydrogen-bond acceptors (Lipinski definition) is 4. The largest absolute Gasteiger partial charge is 0.389 e. The molecule has 2 N–H and O–H groups in total. The van der Waals surface area contributed by atoms with Crippen LogP contribution >= 0.6 is 0 Å². The quantitative estimate of drug-likeness (QED) is 0.617. The standard InChI is InChI=1S/C14H29NO3/c1-12(13-6-4-3-5-7-13)15-10-14(16)11-18-9-8-17-2/h12-16H,3-11H2,1-2H3. The van der Waals surface area contributed by atoms with Crippen LogP contribution in [0.4, 0.5) is 0 Å². The summed E-state index contributed by atoms with van der Waals surface area (Å²) in [5.74, 6) is 0.778. The molecule has 0 aromatic rings. The van der Waals surface area contributed by atoms with Crippen LogP contribution in [0.25, 0.3) is 0 Å². The summed E-state index contributed by atoms with van der Waals surface area (Å²) < 4.78 is 10.2. The molecule has 0 aromatic heterocycles. The fraction of sp³-hybridized carbons (Fsp3) is 1.00. The molecule has 4 heteroatoms. The van der Waals surface area contributed by atoms with Crippen molar-refractivity contribution in [3.05, 3.63) is 0 Å². The first-order valence-electron chi connectivity index (χ1n) is 7.22. The Hall–Kier alpha value is -0.160. The molecular formula is C14H29NO3. The first-order chi connectivity index (χ1) is 8.74. The molecule has 1 rings (SSSR count). The normalized spacial score (nSPS) is 20.8. The average molecular weight is 259 g/mol. The van der Waals surface area contributed by atoms with Crippen LogP contribution in [0.15, 0.2) is 0 Å². The monoisotopic (exact) mass is 259 g/mol. The third kappa shape index (κ3) is 6.69. The van der Waals surface area contributed by atoms with E-state index in [9.17, 15) is 5.11 Å². The molecule has 4 nitrogen and oxygen atoms in total. The van der Waals surface area contributed by atoms with Crippen LogP contribution in [0.2, 0.25) is 0 Å². The third-order valence-corrected chi connectivity index (χ3v) is 3.77. The number of rotatable bonds is 9. The van der Waals surface area contributed by atoms with Crippen molar-refractivity contribution < 1.29 is 14.6 Å². The number of ether oxygens (including phenoxy) is 2. The van der Waals surface area contributed by atoms with E-state index in [-0.39, 0.29) is 0 Å². The van der Waals surface area contributed by atoms with Gasteiger partial charge in [0.2, 0.25) is 0 Å². The maximum Gasteiger partial charge on any atom is 0.0897 e. The molecule has 1 aliphatic rings. The van der Waals surface area contributed by atoms with E-state index in [4.69, 9.17) is 9.47 Å². The summed E-state index contributed by atoms with van der Waals surface area (Å²) in [4.78, 5) is 0. The maximum absolute atomic E-state index is 9.77. The van der Waals surface area contributed by atoms with Crippen LogP contribution in [0, 0.1) is 5.92 Å². The maximum atomic E-state index is 9.77. The summed E-state index contributed by atoms with van der Waals surface area (Å²) in [6.07, 6.45) is 6.34. The molecular weight excluding hydrogens is 230 g/mol. The van der Waals surface area contributed by atoms with Crippen molar-refractivity contribution in [3.8, 4) is 0 Å². The Kier molecular flexibility index (Phi) is 8.59. The van der Waals surface area contributed by atoms with Crippen molar-refractivity contribution in [2.75, 3.05) is 33.5 Å². The van der Waals surface area contributed by atoms with E-state index in [1.54, 1.807) is 7.11 Å². The van der Waals surface area contributed by atoms with E-state index in [2.05, 4.69) is 12.2 Å². The van der Waals surface area contributed by atoms with Gasteiger partial charge in [-0.2, -0.15) is 0 Å². The second-order valence-corrected chi connectivity index (χ2v) is 5.32. The molecule has 0 amide bonds. The Morgan fingerprint density at radius 2 is 1.94 bits per heavy atom. The Bertz CT molecular complexity index is 195. The van der Waals surface area contributed by atoms with Gasteiger partial charge in [-0.15, -0.1) is 0 Å². The fourth-order valence-corrected chi connectivity index (χ4v) is 2.54. The van der Waals surface area contributed by atoms with Gasteiger partial charge in [-0.25, -0.2) is 0 Å². The van der Waals surface area contributed by atoms with E-state index in [0.717, 1.165) is 5.92 Å². The minimum Gasteiger partial charge on any atom is -0.389 e. The van der Waals surface area contributed by atoms with Gasteiger partial charge in [0.15, 0.2) is 0 Å². The zero-order chi connectivity index (χ0) is 13.2. The molecule has 0 heterocycles. The summed E-state index contributed by atoms with van der Waals surface area (Å²) in [7, 11) is 1.65. The minimum atomic E-state index is -0.423. The van der Waals surface area contributed by atoms with Crippen molar-refractivity contribution in [2.24, 2.45) is 5.92 Å². The van der Waals surface area contributed by atoms with Gasteiger partial charge in [-0.1, -0.05) is 19.3 Å². The lowest BCUT2D eigenvalue weighted by Crippen LogP contribution is -2.40. The van der Waals surface area contributed by atoms with Crippen LogP contribution in [-0.2, 0) is 9.47 Å². The highest BCUT2D eigenvalue weighted by Gasteiger charge is 2.20. The van der Waals surface area contributed by atoms with Crippen molar-refractivity contribution >= 4 is 0 Å². The van der Waals surface area contributed by atoms with Crippen LogP contribution in [0.3, 0.4) is 0 Å². The van der Waals surface area contributed by atoms with Crippen LogP contribution in [0.5, 0.6) is 0 Å². The number of nitrogens with one attached hydrogen (secondary N) is 1. The van der Waals surface area contributed by atoms with E-state index >= 15 is 0 Å². The van der Waals surface area contributed by atoms with Gasteiger partial charge in [0.1, 0.15) is 0 Å². The Morgan fingerprint density at radius 1 is 1.22 bits per heavy atom. The number of methoxy groups -OCH3 is 1. The second kappa shape index (κ2) is 9.73. The van der Waals surface area contributed by atoms with Gasteiger partial charge in [0.05, 0.1) is 25.9 Å². The molecule has 2 atom stereocenters. The third-order valence-electron chi connectivity index (χ3n) is 3.77. The first kappa shape index (κ1) is 15.9. The molecule has 0 saturated heterocycles. The second-order valence-electron chi connectivity index (χ2n) is 5.32. The molecule has 1 fully saturated rings. The lowest BCUT2D eigenvalue weighted by molar-refractivity contribution is 0.0122. The molecule has 1 aliphatic carbocycles. The van der Waals surface area contributed by atoms with E-state index in [0.29, 0.717) is 32.4 Å². The van der Waals surface area contributed by atoms with E-state index < -0.39 is 6.10 Å². The van der Waals surface area contributed by atoms with Crippen LogP contribution < -0.4 is 5.32 Å². The highest BCUT2D eigenvalue weighted by Crippen LogP contribution is 2.26. The summed E-state index contributed by atoms with van der Waals surface area (Å²) in [6, 6.07) is 0.499. The SMILES string of the molecule is COCCOCC(O)CNC(C)C1CCCCC1. The van der Waals surface area contributed by atoms with Gasteiger partial charge in [-0.3, -0.25) is 0 Å². The van der Waals surface area contributed by atoms with Gasteiger partial charge in [0, 0.05) is 19.7 Å². The topological polar surface area (TPSA) is 50.7 Å². The van der Waals surface area contributed by atoms with Crippen LogP contribution in [0.1, 0.15) is 39.0 Å². The molecule has 0 bridgehead atoms. The highest BCUT2D eigenvalue weighted by atomic mass is 16.5. The number of aliphatic hydroxyl groups excluding tert-OH is 1. The highest BCUT2D eigenvalue weighted by molar-refractivity contribution is 4.76.